The molecule has 3 N–H and O–H groups in total. The van der Waals surface area contributed by atoms with Gasteiger partial charge in [0.05, 0.1) is 16.1 Å². The van der Waals surface area contributed by atoms with Gasteiger partial charge >= 0.3 is 0 Å². The minimum absolute atomic E-state index is 0.168. The zero-order valence-electron chi connectivity index (χ0n) is 17.1. The summed E-state index contributed by atoms with van der Waals surface area (Å²) in [6.07, 6.45) is 1.72. The maximum absolute atomic E-state index is 12.6. The highest BCUT2D eigenvalue weighted by Gasteiger charge is 2.14. The van der Waals surface area contributed by atoms with E-state index in [4.69, 9.17) is 0 Å². The summed E-state index contributed by atoms with van der Waals surface area (Å²) in [5.41, 5.74) is 2.80. The lowest BCUT2D eigenvalue weighted by atomic mass is 10.1. The van der Waals surface area contributed by atoms with Crippen LogP contribution in [0.2, 0.25) is 0 Å². The van der Waals surface area contributed by atoms with E-state index in [1.54, 1.807) is 19.3 Å². The lowest BCUT2D eigenvalue weighted by Crippen LogP contribution is -2.20. The van der Waals surface area contributed by atoms with E-state index in [0.717, 1.165) is 21.5 Å². The summed E-state index contributed by atoms with van der Waals surface area (Å²) in [7, 11) is 1.59. The number of pyridine rings is 2. The molecule has 0 saturated carbocycles. The van der Waals surface area contributed by atoms with Crippen molar-refractivity contribution < 1.29 is 9.59 Å². The molecule has 3 heterocycles. The molecule has 0 aliphatic heterocycles. The molecule has 0 saturated heterocycles. The lowest BCUT2D eigenvalue weighted by molar-refractivity contribution is 0.0962. The molecule has 0 spiro atoms. The molecule has 3 aromatic heterocycles. The zero-order chi connectivity index (χ0) is 21.8. The minimum Gasteiger partial charge on any atom is -0.370 e. The standard InChI is InChI=1S/C23H21N5O2S/c1-3-25-20-17(21(29)24-2)10-11-18(28-20)14-6-8-16(9-7-14)27-22(30)19-13-15-5-4-12-26-23(15)31-19/h4-13H,3H2,1-2H3,(H,24,29)(H,25,28)(H,27,30). The van der Waals surface area contributed by atoms with E-state index in [9.17, 15) is 9.59 Å². The van der Waals surface area contributed by atoms with Gasteiger partial charge in [-0.1, -0.05) is 18.2 Å². The Hall–Kier alpha value is -3.78. The number of benzene rings is 1. The van der Waals surface area contributed by atoms with Crippen LogP contribution < -0.4 is 16.0 Å². The van der Waals surface area contributed by atoms with E-state index < -0.39 is 0 Å². The van der Waals surface area contributed by atoms with Gasteiger partial charge in [-0.25, -0.2) is 9.97 Å². The van der Waals surface area contributed by atoms with Gasteiger partial charge < -0.3 is 16.0 Å². The van der Waals surface area contributed by atoms with E-state index >= 15 is 0 Å². The fraction of sp³-hybridized carbons (Fsp3) is 0.130. The first-order chi connectivity index (χ1) is 15.1. The maximum atomic E-state index is 12.6. The second kappa shape index (κ2) is 8.93. The Morgan fingerprint density at radius 2 is 1.84 bits per heavy atom. The van der Waals surface area contributed by atoms with Crippen LogP contribution in [0.3, 0.4) is 0 Å². The fourth-order valence-electron chi connectivity index (χ4n) is 3.14. The van der Waals surface area contributed by atoms with Crippen molar-refractivity contribution in [3.63, 3.8) is 0 Å². The Morgan fingerprint density at radius 1 is 1.03 bits per heavy atom. The molecule has 0 bridgehead atoms. The number of carbonyl (C=O) groups excluding carboxylic acids is 2. The minimum atomic E-state index is -0.190. The molecule has 1 aromatic carbocycles. The van der Waals surface area contributed by atoms with E-state index in [1.165, 1.54) is 11.3 Å². The molecule has 8 heteroatoms. The van der Waals surface area contributed by atoms with Crippen molar-refractivity contribution in [2.45, 2.75) is 6.92 Å². The number of amides is 2. The number of nitrogens with one attached hydrogen (secondary N) is 3. The first-order valence-electron chi connectivity index (χ1n) is 9.82. The van der Waals surface area contributed by atoms with E-state index in [-0.39, 0.29) is 11.8 Å². The zero-order valence-corrected chi connectivity index (χ0v) is 17.9. The van der Waals surface area contributed by atoms with Crippen molar-refractivity contribution in [2.75, 3.05) is 24.2 Å². The Bertz CT molecular complexity index is 1220. The predicted molar refractivity (Wildman–Crippen MR) is 125 cm³/mol. The van der Waals surface area contributed by atoms with Gasteiger partial charge in [-0.05, 0) is 43.3 Å². The van der Waals surface area contributed by atoms with E-state index in [0.29, 0.717) is 28.5 Å². The summed E-state index contributed by atoms with van der Waals surface area (Å²) in [4.78, 5) is 35.0. The van der Waals surface area contributed by atoms with Crippen molar-refractivity contribution in [1.29, 1.82) is 0 Å². The second-order valence-electron chi connectivity index (χ2n) is 6.74. The van der Waals surface area contributed by atoms with Gasteiger partial charge in [0.25, 0.3) is 11.8 Å². The molecule has 31 heavy (non-hydrogen) atoms. The number of rotatable bonds is 6. The number of anilines is 2. The highest BCUT2D eigenvalue weighted by molar-refractivity contribution is 7.20. The van der Waals surface area contributed by atoms with Gasteiger partial charge in [0.15, 0.2) is 0 Å². The Morgan fingerprint density at radius 3 is 2.55 bits per heavy atom. The van der Waals surface area contributed by atoms with Crippen molar-refractivity contribution in [3.8, 4) is 11.3 Å². The first kappa shape index (κ1) is 20.5. The third kappa shape index (κ3) is 4.39. The lowest BCUT2D eigenvalue weighted by Gasteiger charge is -2.11. The average Bonchev–Trinajstić information content (AvgIpc) is 3.24. The van der Waals surface area contributed by atoms with Gasteiger partial charge in [-0.2, -0.15) is 0 Å². The molecule has 156 valence electrons. The quantitative estimate of drug-likeness (QED) is 0.420. The number of fused-ring (bicyclic) bond motifs is 1. The largest absolute Gasteiger partial charge is 0.370 e. The van der Waals surface area contributed by atoms with Crippen LogP contribution in [0.25, 0.3) is 21.5 Å². The summed E-state index contributed by atoms with van der Waals surface area (Å²) < 4.78 is 0. The highest BCUT2D eigenvalue weighted by Crippen LogP contribution is 2.26. The van der Waals surface area contributed by atoms with E-state index in [1.807, 2.05) is 55.5 Å². The summed E-state index contributed by atoms with van der Waals surface area (Å²) in [6, 6.07) is 16.6. The maximum Gasteiger partial charge on any atom is 0.265 e. The first-order valence-corrected chi connectivity index (χ1v) is 10.6. The van der Waals surface area contributed by atoms with E-state index in [2.05, 4.69) is 25.9 Å². The normalized spacial score (nSPS) is 10.6. The van der Waals surface area contributed by atoms with Crippen LogP contribution in [-0.2, 0) is 0 Å². The molecule has 0 atom stereocenters. The van der Waals surface area contributed by atoms with Gasteiger partial charge in [-0.3, -0.25) is 9.59 Å². The van der Waals surface area contributed by atoms with Crippen LogP contribution in [0.1, 0.15) is 27.0 Å². The Kier molecular flexibility index (Phi) is 5.90. The molecular formula is C23H21N5O2S. The van der Waals surface area contributed by atoms with Gasteiger partial charge in [0.2, 0.25) is 0 Å². The van der Waals surface area contributed by atoms with Crippen LogP contribution in [-0.4, -0.2) is 35.4 Å². The van der Waals surface area contributed by atoms with Gasteiger partial charge in [0.1, 0.15) is 10.6 Å². The third-order valence-electron chi connectivity index (χ3n) is 4.67. The third-order valence-corrected chi connectivity index (χ3v) is 5.72. The topological polar surface area (TPSA) is 96.0 Å². The second-order valence-corrected chi connectivity index (χ2v) is 7.77. The molecule has 4 aromatic rings. The van der Waals surface area contributed by atoms with Crippen molar-refractivity contribution in [2.24, 2.45) is 0 Å². The Balaban J connectivity index is 1.53. The van der Waals surface area contributed by atoms with Crippen molar-refractivity contribution in [1.82, 2.24) is 15.3 Å². The molecule has 0 radical (unpaired) electrons. The van der Waals surface area contributed by atoms with Gasteiger partial charge in [0, 0.05) is 36.4 Å². The number of thiophene rings is 1. The molecule has 0 aliphatic rings. The summed E-state index contributed by atoms with van der Waals surface area (Å²) in [5, 5.41) is 9.63. The van der Waals surface area contributed by atoms with Crippen LogP contribution in [0.4, 0.5) is 11.5 Å². The fourth-order valence-corrected chi connectivity index (χ4v) is 4.04. The molecule has 0 aliphatic carbocycles. The summed E-state index contributed by atoms with van der Waals surface area (Å²) in [6.45, 7) is 2.60. The summed E-state index contributed by atoms with van der Waals surface area (Å²) in [5.74, 6) is 0.179. The van der Waals surface area contributed by atoms with Crippen LogP contribution in [0, 0.1) is 0 Å². The highest BCUT2D eigenvalue weighted by atomic mass is 32.1. The van der Waals surface area contributed by atoms with Gasteiger partial charge in [-0.15, -0.1) is 11.3 Å². The monoisotopic (exact) mass is 431 g/mol. The SMILES string of the molecule is CCNc1nc(-c2ccc(NC(=O)c3cc4cccnc4s3)cc2)ccc1C(=O)NC. The molecule has 4 rings (SSSR count). The number of carbonyl (C=O) groups is 2. The van der Waals surface area contributed by atoms with Crippen molar-refractivity contribution in [3.05, 3.63) is 71.2 Å². The summed E-state index contributed by atoms with van der Waals surface area (Å²) >= 11 is 1.36. The number of hydrogen-bond donors (Lipinski definition) is 3. The van der Waals surface area contributed by atoms with Crippen LogP contribution >= 0.6 is 11.3 Å². The number of aromatic nitrogens is 2. The molecule has 2 amide bonds. The Labute approximate surface area is 183 Å². The molecule has 0 fully saturated rings. The molecule has 0 unspecified atom stereocenters. The number of hydrogen-bond acceptors (Lipinski definition) is 6. The van der Waals surface area contributed by atoms with Crippen molar-refractivity contribution >= 4 is 44.9 Å². The average molecular weight is 432 g/mol. The predicted octanol–water partition coefficient (Wildman–Crippen LogP) is 4.40. The van der Waals surface area contributed by atoms with Crippen LogP contribution in [0.5, 0.6) is 0 Å². The smallest absolute Gasteiger partial charge is 0.265 e. The molecular weight excluding hydrogens is 410 g/mol. The number of nitrogens with zero attached hydrogens (tertiary/aromatic N) is 2. The van der Waals surface area contributed by atoms with Crippen LogP contribution in [0.15, 0.2) is 60.8 Å². The molecule has 7 nitrogen and oxygen atoms in total.